The molecule has 3 aromatic carbocycles. The lowest BCUT2D eigenvalue weighted by atomic mass is 9.92. The maximum absolute atomic E-state index is 11.2. The van der Waals surface area contributed by atoms with Gasteiger partial charge in [0.15, 0.2) is 9.84 Å². The van der Waals surface area contributed by atoms with Gasteiger partial charge < -0.3 is 5.73 Å². The van der Waals surface area contributed by atoms with E-state index in [0.717, 1.165) is 57.1 Å². The summed E-state index contributed by atoms with van der Waals surface area (Å²) in [6.07, 6.45) is 7.32. The number of hydrogen-bond donors (Lipinski definition) is 1. The highest BCUT2D eigenvalue weighted by Crippen LogP contribution is 2.30. The Morgan fingerprint density at radius 3 is 2.33 bits per heavy atom. The van der Waals surface area contributed by atoms with Crippen LogP contribution >= 0.6 is 0 Å². The van der Waals surface area contributed by atoms with Gasteiger partial charge in [0.25, 0.3) is 0 Å². The first-order valence-electron chi connectivity index (χ1n) is 11.3. The molecule has 0 aliphatic heterocycles. The fourth-order valence-corrected chi connectivity index (χ4v) is 4.97. The summed E-state index contributed by atoms with van der Waals surface area (Å²) in [5.41, 5.74) is 14.7. The first-order chi connectivity index (χ1) is 17.1. The van der Waals surface area contributed by atoms with Crippen molar-refractivity contribution < 1.29 is 8.42 Å². The van der Waals surface area contributed by atoms with E-state index in [0.29, 0.717) is 0 Å². The van der Waals surface area contributed by atoms with Crippen LogP contribution in [0.3, 0.4) is 0 Å². The zero-order valence-corrected chi connectivity index (χ0v) is 21.6. The molecule has 4 rings (SSSR count). The third kappa shape index (κ3) is 5.70. The molecule has 0 saturated carbocycles. The van der Waals surface area contributed by atoms with Crippen molar-refractivity contribution in [2.24, 2.45) is 0 Å². The van der Waals surface area contributed by atoms with Crippen LogP contribution in [0, 0.1) is 25.2 Å². The highest BCUT2D eigenvalue weighted by Gasteiger charge is 2.13. The number of nitriles is 1. The molecule has 0 aliphatic rings. The van der Waals surface area contributed by atoms with Crippen molar-refractivity contribution in [3.63, 3.8) is 0 Å². The van der Waals surface area contributed by atoms with Crippen LogP contribution in [0.5, 0.6) is 0 Å². The second-order valence-corrected chi connectivity index (χ2v) is 10.5. The predicted octanol–water partition coefficient (Wildman–Crippen LogP) is 6.27. The highest BCUT2D eigenvalue weighted by atomic mass is 32.2. The van der Waals surface area contributed by atoms with Crippen LogP contribution in [-0.2, 0) is 16.3 Å². The maximum atomic E-state index is 11.2. The van der Waals surface area contributed by atoms with Crippen molar-refractivity contribution >= 4 is 38.6 Å². The Morgan fingerprint density at radius 2 is 1.69 bits per heavy atom. The Balaban J connectivity index is 0.000000236. The molecule has 0 bridgehead atoms. The molecule has 0 radical (unpaired) electrons. The lowest BCUT2D eigenvalue weighted by molar-refractivity contribution is 0.601. The van der Waals surface area contributed by atoms with E-state index in [1.165, 1.54) is 11.6 Å². The van der Waals surface area contributed by atoms with Crippen LogP contribution in [0.1, 0.15) is 38.9 Å². The van der Waals surface area contributed by atoms with Crippen molar-refractivity contribution in [1.82, 2.24) is 4.98 Å². The molecule has 1 aromatic heterocycles. The topological polar surface area (TPSA) is 96.8 Å². The molecule has 0 aliphatic carbocycles. The second kappa shape index (κ2) is 11.0. The van der Waals surface area contributed by atoms with Gasteiger partial charge in [0.1, 0.15) is 6.07 Å². The minimum absolute atomic E-state index is 0.0978. The molecular weight excluding hydrogens is 466 g/mol. The first-order valence-corrected chi connectivity index (χ1v) is 13.2. The molecule has 182 valence electrons. The van der Waals surface area contributed by atoms with Crippen LogP contribution < -0.4 is 5.73 Å². The molecule has 0 spiro atoms. The Labute approximate surface area is 213 Å². The third-order valence-corrected chi connectivity index (χ3v) is 7.06. The zero-order valence-electron chi connectivity index (χ0n) is 20.7. The van der Waals surface area contributed by atoms with E-state index in [9.17, 15) is 8.42 Å². The van der Waals surface area contributed by atoms with E-state index in [-0.39, 0.29) is 10.5 Å². The number of nitrogens with zero attached hydrogens (tertiary/aromatic N) is 2. The predicted molar refractivity (Wildman–Crippen MR) is 149 cm³/mol. The Hall–Kier alpha value is -4.21. The van der Waals surface area contributed by atoms with E-state index in [1.54, 1.807) is 12.1 Å². The quantitative estimate of drug-likeness (QED) is 0.329. The molecule has 0 unspecified atom stereocenters. The molecular formula is C30H29N3O2S. The molecule has 6 heteroatoms. The number of benzene rings is 3. The molecule has 0 atom stereocenters. The van der Waals surface area contributed by atoms with Gasteiger partial charge in [-0.1, -0.05) is 61.7 Å². The summed E-state index contributed by atoms with van der Waals surface area (Å²) in [6.45, 7) is 11.7. The number of aryl methyl sites for hydroxylation is 2. The number of sulfone groups is 1. The summed E-state index contributed by atoms with van der Waals surface area (Å²) in [5.74, 6) is 0. The van der Waals surface area contributed by atoms with Crippen molar-refractivity contribution in [2.45, 2.75) is 25.2 Å². The first kappa shape index (κ1) is 26.4. The number of pyridine rings is 1. The monoisotopic (exact) mass is 495 g/mol. The van der Waals surface area contributed by atoms with Crippen molar-refractivity contribution in [3.05, 3.63) is 113 Å². The number of fused-ring (bicyclic) bond motifs is 1. The number of anilines is 1. The normalized spacial score (nSPS) is 10.7. The molecule has 0 fully saturated rings. The van der Waals surface area contributed by atoms with Crippen LogP contribution in [0.4, 0.5) is 5.69 Å². The van der Waals surface area contributed by atoms with Gasteiger partial charge in [0, 0.05) is 35.5 Å². The Kier molecular flexibility index (Phi) is 8.08. The number of rotatable bonds is 5. The van der Waals surface area contributed by atoms with Crippen molar-refractivity contribution in [2.75, 3.05) is 12.0 Å². The second-order valence-electron chi connectivity index (χ2n) is 8.55. The minimum atomic E-state index is -3.28. The lowest BCUT2D eigenvalue weighted by Gasteiger charge is -2.15. The summed E-state index contributed by atoms with van der Waals surface area (Å²) in [5, 5.41) is 9.84. The minimum Gasteiger partial charge on any atom is -0.398 e. The summed E-state index contributed by atoms with van der Waals surface area (Å²) >= 11 is 0. The largest absolute Gasteiger partial charge is 0.398 e. The highest BCUT2D eigenvalue weighted by molar-refractivity contribution is 7.90. The smallest absolute Gasteiger partial charge is 0.176 e. The molecule has 2 N–H and O–H groups in total. The molecule has 0 amide bonds. The van der Waals surface area contributed by atoms with E-state index in [4.69, 9.17) is 11.0 Å². The zero-order chi connectivity index (χ0) is 26.5. The van der Waals surface area contributed by atoms with Gasteiger partial charge in [0.05, 0.1) is 16.0 Å². The van der Waals surface area contributed by atoms with Gasteiger partial charge in [-0.05, 0) is 59.9 Å². The number of hydrogen-bond acceptors (Lipinski definition) is 5. The fraction of sp³-hybridized carbons (Fsp3) is 0.133. The van der Waals surface area contributed by atoms with E-state index in [1.807, 2.05) is 37.4 Å². The average molecular weight is 496 g/mol. The van der Waals surface area contributed by atoms with E-state index >= 15 is 0 Å². The molecule has 0 saturated heterocycles. The van der Waals surface area contributed by atoms with Crippen LogP contribution in [0.25, 0.3) is 23.1 Å². The number of aromatic nitrogens is 1. The average Bonchev–Trinajstić information content (AvgIpc) is 2.85. The van der Waals surface area contributed by atoms with Crippen molar-refractivity contribution in [3.8, 4) is 6.07 Å². The van der Waals surface area contributed by atoms with E-state index < -0.39 is 9.84 Å². The number of para-hydroxylation sites is 1. The number of nitrogens with two attached hydrogens (primary N) is 1. The molecule has 4 aromatic rings. The van der Waals surface area contributed by atoms with Crippen LogP contribution in [0.15, 0.2) is 78.8 Å². The van der Waals surface area contributed by atoms with Crippen LogP contribution in [0.2, 0.25) is 0 Å². The summed E-state index contributed by atoms with van der Waals surface area (Å²) in [7, 11) is -3.28. The standard InChI is InChI=1S/C21H20N2.C9H9NO2S/c1-4-18-14(3)12-17(20(22)19(18)5-2)13-16-9-6-8-15-10-7-11-23-21(15)16;1-7-3-4-9(13(2,11)12)8(5-7)6-10/h4-12H,1-2,13,22H2,3H3;3-5H,1-2H3. The fourth-order valence-electron chi connectivity index (χ4n) is 4.15. The van der Waals surface area contributed by atoms with Gasteiger partial charge in [0.2, 0.25) is 0 Å². The molecule has 5 nitrogen and oxygen atoms in total. The molecule has 36 heavy (non-hydrogen) atoms. The van der Waals surface area contributed by atoms with Gasteiger partial charge in [-0.15, -0.1) is 0 Å². The van der Waals surface area contributed by atoms with E-state index in [2.05, 4.69) is 55.4 Å². The third-order valence-electron chi connectivity index (χ3n) is 5.90. The summed E-state index contributed by atoms with van der Waals surface area (Å²) in [6, 6.07) is 19.0. The summed E-state index contributed by atoms with van der Waals surface area (Å²) in [4.78, 5) is 4.63. The molecule has 1 heterocycles. The summed E-state index contributed by atoms with van der Waals surface area (Å²) < 4.78 is 22.3. The van der Waals surface area contributed by atoms with Gasteiger partial charge in [-0.2, -0.15) is 5.26 Å². The maximum Gasteiger partial charge on any atom is 0.176 e. The Morgan fingerprint density at radius 1 is 1.00 bits per heavy atom. The van der Waals surface area contributed by atoms with Gasteiger partial charge >= 0.3 is 0 Å². The number of nitrogen functional groups attached to an aromatic ring is 1. The lowest BCUT2D eigenvalue weighted by Crippen LogP contribution is -2.03. The van der Waals surface area contributed by atoms with Gasteiger partial charge in [-0.3, -0.25) is 4.98 Å². The van der Waals surface area contributed by atoms with Gasteiger partial charge in [-0.25, -0.2) is 8.42 Å². The SMILES string of the molecule is C=Cc1c(C)cc(Cc2cccc3cccnc23)c(N)c1C=C.Cc1ccc(S(C)(=O)=O)c(C#N)c1. The van der Waals surface area contributed by atoms with Crippen LogP contribution in [-0.4, -0.2) is 19.7 Å². The van der Waals surface area contributed by atoms with Crippen molar-refractivity contribution in [1.29, 1.82) is 5.26 Å². The Bertz CT molecular complexity index is 1610.